The molecule has 6 nitrogen and oxygen atoms in total. The van der Waals surface area contributed by atoms with Crippen LogP contribution >= 0.6 is 0 Å². The molecule has 0 saturated heterocycles. The highest BCUT2D eigenvalue weighted by atomic mass is 16.1. The van der Waals surface area contributed by atoms with Crippen molar-refractivity contribution in [2.24, 2.45) is 0 Å². The molecule has 0 bridgehead atoms. The Morgan fingerprint density at radius 2 is 2.10 bits per heavy atom. The molecule has 0 fully saturated rings. The van der Waals surface area contributed by atoms with E-state index in [0.717, 1.165) is 24.5 Å². The van der Waals surface area contributed by atoms with Crippen molar-refractivity contribution in [3.63, 3.8) is 0 Å². The summed E-state index contributed by atoms with van der Waals surface area (Å²) in [6, 6.07) is 9.81. The minimum atomic E-state index is 0.0304. The Bertz CT molecular complexity index is 538. The molecule has 0 aliphatic heterocycles. The van der Waals surface area contributed by atoms with Crippen LogP contribution in [0, 0.1) is 0 Å². The number of carbonyl (C=O) groups excluding carboxylic acids is 1. The van der Waals surface area contributed by atoms with Crippen molar-refractivity contribution >= 4 is 5.91 Å². The Balaban J connectivity index is 1.91. The van der Waals surface area contributed by atoms with Crippen molar-refractivity contribution in [3.05, 3.63) is 42.5 Å². The number of amides is 1. The summed E-state index contributed by atoms with van der Waals surface area (Å²) < 4.78 is 1.87. The van der Waals surface area contributed by atoms with Crippen LogP contribution in [0.1, 0.15) is 18.7 Å². The lowest BCUT2D eigenvalue weighted by atomic mass is 10.3. The van der Waals surface area contributed by atoms with Crippen molar-refractivity contribution in [2.75, 3.05) is 13.6 Å². The van der Waals surface area contributed by atoms with Gasteiger partial charge < -0.3 is 10.6 Å². The van der Waals surface area contributed by atoms with Gasteiger partial charge in [-0.3, -0.25) is 9.36 Å². The molecule has 0 saturated carbocycles. The molecule has 1 aromatic heterocycles. The van der Waals surface area contributed by atoms with E-state index in [1.165, 1.54) is 0 Å². The molecule has 1 heterocycles. The van der Waals surface area contributed by atoms with Gasteiger partial charge in [-0.1, -0.05) is 18.2 Å². The van der Waals surface area contributed by atoms with Crippen LogP contribution in [0.3, 0.4) is 0 Å². The molecule has 20 heavy (non-hydrogen) atoms. The number of nitrogens with zero attached hydrogens (tertiary/aromatic N) is 3. The first-order chi connectivity index (χ1) is 9.81. The molecule has 0 atom stereocenters. The van der Waals surface area contributed by atoms with Gasteiger partial charge in [-0.25, -0.2) is 0 Å². The van der Waals surface area contributed by atoms with Gasteiger partial charge in [0.05, 0.1) is 6.54 Å². The molecule has 2 rings (SSSR count). The van der Waals surface area contributed by atoms with Gasteiger partial charge in [0.1, 0.15) is 6.33 Å². The molecule has 2 aromatic rings. The standard InChI is InChI=1S/C14H19N5O/c1-15-9-5-8-14(20)16-10-13-18-17-11-19(13)12-6-3-2-4-7-12/h2-4,6-7,11,15H,5,8-10H2,1H3,(H,16,20). The Morgan fingerprint density at radius 1 is 1.30 bits per heavy atom. The molecule has 0 radical (unpaired) electrons. The Morgan fingerprint density at radius 3 is 2.85 bits per heavy atom. The van der Waals surface area contributed by atoms with Crippen molar-refractivity contribution in [1.29, 1.82) is 0 Å². The number of carbonyl (C=O) groups is 1. The summed E-state index contributed by atoms with van der Waals surface area (Å²) in [5, 5.41) is 13.8. The predicted octanol–water partition coefficient (Wildman–Crippen LogP) is 0.883. The van der Waals surface area contributed by atoms with Crippen LogP contribution in [0.2, 0.25) is 0 Å². The highest BCUT2D eigenvalue weighted by Crippen LogP contribution is 2.08. The summed E-state index contributed by atoms with van der Waals surface area (Å²) in [4.78, 5) is 11.7. The molecule has 2 N–H and O–H groups in total. The lowest BCUT2D eigenvalue weighted by Crippen LogP contribution is -2.25. The minimum Gasteiger partial charge on any atom is -0.349 e. The van der Waals surface area contributed by atoms with Gasteiger partial charge in [0.25, 0.3) is 0 Å². The third-order valence-electron chi connectivity index (χ3n) is 2.93. The zero-order valence-corrected chi connectivity index (χ0v) is 11.5. The summed E-state index contributed by atoms with van der Waals surface area (Å²) in [6.07, 6.45) is 2.99. The zero-order chi connectivity index (χ0) is 14.2. The molecular formula is C14H19N5O. The van der Waals surface area contributed by atoms with E-state index in [1.807, 2.05) is 41.9 Å². The Labute approximate surface area is 118 Å². The fraction of sp³-hybridized carbons (Fsp3) is 0.357. The Hall–Kier alpha value is -2.21. The Kier molecular flexibility index (Phi) is 5.25. The van der Waals surface area contributed by atoms with Gasteiger partial charge >= 0.3 is 0 Å². The quantitative estimate of drug-likeness (QED) is 0.735. The van der Waals surface area contributed by atoms with Crippen LogP contribution in [-0.2, 0) is 11.3 Å². The normalized spacial score (nSPS) is 10.4. The van der Waals surface area contributed by atoms with E-state index < -0.39 is 0 Å². The first kappa shape index (κ1) is 14.2. The maximum atomic E-state index is 11.7. The molecule has 6 heteroatoms. The number of rotatable bonds is 7. The van der Waals surface area contributed by atoms with E-state index in [2.05, 4.69) is 20.8 Å². The van der Waals surface area contributed by atoms with Gasteiger partial charge in [0.2, 0.25) is 5.91 Å². The fourth-order valence-electron chi connectivity index (χ4n) is 1.88. The molecule has 1 aromatic carbocycles. The second-order valence-corrected chi connectivity index (χ2v) is 4.44. The number of nitrogens with one attached hydrogen (secondary N) is 2. The molecular weight excluding hydrogens is 254 g/mol. The molecule has 0 spiro atoms. The number of hydrogen-bond donors (Lipinski definition) is 2. The summed E-state index contributed by atoms with van der Waals surface area (Å²) in [5.41, 5.74) is 0.983. The first-order valence-electron chi connectivity index (χ1n) is 6.67. The third kappa shape index (κ3) is 3.89. The van der Waals surface area contributed by atoms with Crippen LogP contribution in [0.25, 0.3) is 5.69 Å². The van der Waals surface area contributed by atoms with Crippen molar-refractivity contribution in [2.45, 2.75) is 19.4 Å². The highest BCUT2D eigenvalue weighted by Gasteiger charge is 2.07. The van der Waals surface area contributed by atoms with Gasteiger partial charge in [-0.15, -0.1) is 10.2 Å². The summed E-state index contributed by atoms with van der Waals surface area (Å²) >= 11 is 0. The molecule has 106 valence electrons. The van der Waals surface area contributed by atoms with E-state index in [1.54, 1.807) is 6.33 Å². The highest BCUT2D eigenvalue weighted by molar-refractivity contribution is 5.75. The summed E-state index contributed by atoms with van der Waals surface area (Å²) in [7, 11) is 1.88. The average molecular weight is 273 g/mol. The SMILES string of the molecule is CNCCCC(=O)NCc1nncn1-c1ccccc1. The van der Waals surface area contributed by atoms with Crippen LogP contribution in [0.5, 0.6) is 0 Å². The van der Waals surface area contributed by atoms with E-state index in [-0.39, 0.29) is 5.91 Å². The van der Waals surface area contributed by atoms with Gasteiger partial charge in [0.15, 0.2) is 5.82 Å². The number of para-hydroxylation sites is 1. The molecule has 0 aliphatic rings. The summed E-state index contributed by atoms with van der Waals surface area (Å²) in [5.74, 6) is 0.751. The lowest BCUT2D eigenvalue weighted by molar-refractivity contribution is -0.121. The number of hydrogen-bond acceptors (Lipinski definition) is 4. The van der Waals surface area contributed by atoms with Crippen molar-refractivity contribution < 1.29 is 4.79 Å². The van der Waals surface area contributed by atoms with E-state index in [9.17, 15) is 4.79 Å². The van der Waals surface area contributed by atoms with E-state index in [4.69, 9.17) is 0 Å². The minimum absolute atomic E-state index is 0.0304. The van der Waals surface area contributed by atoms with Gasteiger partial charge in [-0.2, -0.15) is 0 Å². The first-order valence-corrected chi connectivity index (χ1v) is 6.67. The predicted molar refractivity (Wildman–Crippen MR) is 76.4 cm³/mol. The van der Waals surface area contributed by atoms with Gasteiger partial charge in [-0.05, 0) is 32.1 Å². The number of benzene rings is 1. The van der Waals surface area contributed by atoms with Crippen molar-refractivity contribution in [3.8, 4) is 5.69 Å². The molecule has 1 amide bonds. The average Bonchev–Trinajstić information content (AvgIpc) is 2.95. The smallest absolute Gasteiger partial charge is 0.220 e. The monoisotopic (exact) mass is 273 g/mol. The second kappa shape index (κ2) is 7.40. The number of aromatic nitrogens is 3. The zero-order valence-electron chi connectivity index (χ0n) is 11.5. The summed E-state index contributed by atoms with van der Waals surface area (Å²) in [6.45, 7) is 1.22. The van der Waals surface area contributed by atoms with Crippen LogP contribution < -0.4 is 10.6 Å². The maximum Gasteiger partial charge on any atom is 0.220 e. The molecule has 0 aliphatic carbocycles. The van der Waals surface area contributed by atoms with Gasteiger partial charge in [0, 0.05) is 12.1 Å². The maximum absolute atomic E-state index is 11.7. The van der Waals surface area contributed by atoms with Crippen molar-refractivity contribution in [1.82, 2.24) is 25.4 Å². The van der Waals surface area contributed by atoms with E-state index >= 15 is 0 Å². The third-order valence-corrected chi connectivity index (χ3v) is 2.93. The molecule has 0 unspecified atom stereocenters. The van der Waals surface area contributed by atoms with Crippen LogP contribution in [-0.4, -0.2) is 34.3 Å². The largest absolute Gasteiger partial charge is 0.349 e. The van der Waals surface area contributed by atoms with Crippen LogP contribution in [0.4, 0.5) is 0 Å². The second-order valence-electron chi connectivity index (χ2n) is 4.44. The fourth-order valence-corrected chi connectivity index (χ4v) is 1.88. The van der Waals surface area contributed by atoms with Crippen LogP contribution in [0.15, 0.2) is 36.7 Å². The lowest BCUT2D eigenvalue weighted by Gasteiger charge is -2.07. The van der Waals surface area contributed by atoms with E-state index in [0.29, 0.717) is 13.0 Å². The topological polar surface area (TPSA) is 71.8 Å².